The molecule has 0 amide bonds. The van der Waals surface area contributed by atoms with Crippen molar-refractivity contribution in [2.24, 2.45) is 0 Å². The monoisotopic (exact) mass is 1270 g/mol. The zero-order valence-corrected chi connectivity index (χ0v) is 52.7. The van der Waals surface area contributed by atoms with Gasteiger partial charge in [0.25, 0.3) is 0 Å². The zero-order valence-electron chi connectivity index (χ0n) is 50.3. The van der Waals surface area contributed by atoms with E-state index in [-0.39, 0.29) is 5.28 Å². The first kappa shape index (κ1) is 53.8. The fourth-order valence-electron chi connectivity index (χ4n) is 14.8. The lowest BCUT2D eigenvalue weighted by molar-refractivity contribution is 0.666. The Morgan fingerprint density at radius 1 is 0.337 bits per heavy atom. The number of fused-ring (bicyclic) bond motifs is 28. The minimum absolute atomic E-state index is 0.219. The van der Waals surface area contributed by atoms with Gasteiger partial charge >= 0.3 is 0 Å². The first-order valence-electron chi connectivity index (χ1n) is 31.5. The van der Waals surface area contributed by atoms with E-state index in [4.69, 9.17) is 30.4 Å². The summed E-state index contributed by atoms with van der Waals surface area (Å²) in [5, 5.41) is 22.2. The minimum Gasteiger partial charge on any atom is -0.452 e. The quantitative estimate of drug-likeness (QED) is 0.177. The highest BCUT2D eigenvalue weighted by molar-refractivity contribution is 7.27. The molecule has 0 atom stereocenters. The van der Waals surface area contributed by atoms with E-state index in [1.165, 1.54) is 94.5 Å². The lowest BCUT2D eigenvalue weighted by Crippen LogP contribution is -2.03. The van der Waals surface area contributed by atoms with Crippen molar-refractivity contribution in [3.05, 3.63) is 284 Å². The third-order valence-corrected chi connectivity index (χ3v) is 21.4. The molecule has 0 radical (unpaired) electrons. The van der Waals surface area contributed by atoms with Gasteiger partial charge in [0.2, 0.25) is 11.2 Å². The van der Waals surface area contributed by atoms with Crippen molar-refractivity contribution in [3.8, 4) is 28.5 Å². The predicted octanol–water partition coefficient (Wildman–Crippen LogP) is 24.5. The number of hydrogen-bond acceptors (Lipinski definition) is 8. The summed E-state index contributed by atoms with van der Waals surface area (Å²) in [6, 6.07) is 97.5. The van der Waals surface area contributed by atoms with Gasteiger partial charge in [-0.2, -0.15) is 0 Å². The van der Waals surface area contributed by atoms with E-state index in [0.29, 0.717) is 17.1 Å². The van der Waals surface area contributed by atoms with Crippen LogP contribution in [0.3, 0.4) is 0 Å². The number of thiophene rings is 2. The number of hydrogen-bond donors (Lipinski definition) is 1. The maximum absolute atomic E-state index is 6.56. The molecule has 0 aliphatic rings. The molecule has 0 saturated carbocycles. The predicted molar refractivity (Wildman–Crippen MR) is 400 cm³/mol. The van der Waals surface area contributed by atoms with Crippen LogP contribution in [0.4, 0.5) is 0 Å². The van der Waals surface area contributed by atoms with Gasteiger partial charge in [0.15, 0.2) is 11.2 Å². The van der Waals surface area contributed by atoms with Crippen LogP contribution in [0.1, 0.15) is 0 Å². The molecule has 0 bridgehead atoms. The van der Waals surface area contributed by atoms with Gasteiger partial charge in [-0.3, -0.25) is 4.57 Å². The Hall–Kier alpha value is -11.8. The summed E-state index contributed by atoms with van der Waals surface area (Å²) in [4.78, 5) is 23.3. The number of furan rings is 2. The van der Waals surface area contributed by atoms with E-state index < -0.39 is 0 Å². The van der Waals surface area contributed by atoms with E-state index in [9.17, 15) is 0 Å². The molecule has 8 nitrogen and oxygen atoms in total. The number of rotatable bonds is 3. The van der Waals surface area contributed by atoms with Crippen LogP contribution >= 0.6 is 34.3 Å². The summed E-state index contributed by atoms with van der Waals surface area (Å²) < 4.78 is 20.2. The first-order valence-corrected chi connectivity index (χ1v) is 33.6. The first-order chi connectivity index (χ1) is 47.1. The van der Waals surface area contributed by atoms with Crippen LogP contribution in [-0.2, 0) is 0 Å². The van der Waals surface area contributed by atoms with E-state index in [1.54, 1.807) is 0 Å². The van der Waals surface area contributed by atoms with Crippen molar-refractivity contribution in [2.45, 2.75) is 0 Å². The van der Waals surface area contributed by atoms with Crippen LogP contribution in [0, 0.1) is 0 Å². The number of benzene rings is 14. The average molecular weight is 1270 g/mol. The van der Waals surface area contributed by atoms with E-state index >= 15 is 0 Å². The molecule has 8 aromatic heterocycles. The molecule has 14 aromatic carbocycles. The van der Waals surface area contributed by atoms with Crippen molar-refractivity contribution in [2.75, 3.05) is 0 Å². The third-order valence-electron chi connectivity index (χ3n) is 18.8. The van der Waals surface area contributed by atoms with Gasteiger partial charge in [0, 0.05) is 100 Å². The molecule has 0 spiro atoms. The molecule has 0 fully saturated rings. The second-order valence-corrected chi connectivity index (χ2v) is 26.5. The Bertz CT molecular complexity index is 6960. The van der Waals surface area contributed by atoms with Gasteiger partial charge in [0.05, 0.1) is 16.6 Å². The Morgan fingerprint density at radius 2 is 0.779 bits per heavy atom. The van der Waals surface area contributed by atoms with Gasteiger partial charge in [-0.25, -0.2) is 19.9 Å². The Labute approximate surface area is 552 Å². The van der Waals surface area contributed by atoms with E-state index in [0.717, 1.165) is 88.1 Å². The Balaban J connectivity index is 0.000000108. The smallest absolute Gasteiger partial charge is 0.236 e. The fourth-order valence-corrected chi connectivity index (χ4v) is 17.5. The molecule has 0 aliphatic carbocycles. The van der Waals surface area contributed by atoms with Gasteiger partial charge in [-0.1, -0.05) is 231 Å². The normalized spacial score (nSPS) is 12.1. The van der Waals surface area contributed by atoms with Crippen molar-refractivity contribution < 1.29 is 8.83 Å². The van der Waals surface area contributed by atoms with Gasteiger partial charge in [-0.15, -0.1) is 22.7 Å². The highest BCUT2D eigenvalue weighted by Gasteiger charge is 2.26. The number of nitrogens with zero attached hydrogens (tertiary/aromatic N) is 5. The fraction of sp³-hybridized carbons (Fsp3) is 0. The number of aromatic amines is 1. The van der Waals surface area contributed by atoms with E-state index in [1.807, 2.05) is 89.4 Å². The Kier molecular flexibility index (Phi) is 12.0. The molecule has 0 saturated heterocycles. The molecule has 95 heavy (non-hydrogen) atoms. The van der Waals surface area contributed by atoms with Gasteiger partial charge < -0.3 is 13.8 Å². The van der Waals surface area contributed by atoms with E-state index in [2.05, 4.69) is 232 Å². The van der Waals surface area contributed by atoms with Crippen LogP contribution in [0.25, 0.3) is 200 Å². The second-order valence-electron chi connectivity index (χ2n) is 24.0. The lowest BCUT2D eigenvalue weighted by atomic mass is 10.00. The summed E-state index contributed by atoms with van der Waals surface area (Å²) in [7, 11) is 0. The number of halogens is 1. The Morgan fingerprint density at radius 3 is 1.40 bits per heavy atom. The summed E-state index contributed by atoms with van der Waals surface area (Å²) in [5.74, 6) is 0.629. The van der Waals surface area contributed by atoms with Crippen LogP contribution in [0.15, 0.2) is 288 Å². The molecule has 0 aliphatic heterocycles. The van der Waals surface area contributed by atoms with Gasteiger partial charge in [0.1, 0.15) is 33.6 Å². The number of aromatic nitrogens is 6. The largest absolute Gasteiger partial charge is 0.452 e. The molecule has 444 valence electrons. The second kappa shape index (κ2) is 21.1. The molecule has 22 aromatic rings. The summed E-state index contributed by atoms with van der Waals surface area (Å²) in [6.07, 6.45) is 0. The molecule has 0 unspecified atom stereocenters. The van der Waals surface area contributed by atoms with Crippen molar-refractivity contribution in [1.82, 2.24) is 29.5 Å². The summed E-state index contributed by atoms with van der Waals surface area (Å²) in [5.41, 5.74) is 12.7. The number of H-pyrrole nitrogens is 1. The molecular weight excluding hydrogens is 1220 g/mol. The van der Waals surface area contributed by atoms with Crippen LogP contribution in [-0.4, -0.2) is 29.5 Å². The maximum Gasteiger partial charge on any atom is 0.236 e. The summed E-state index contributed by atoms with van der Waals surface area (Å²) in [6.45, 7) is 0. The highest BCUT2D eigenvalue weighted by Crippen LogP contribution is 2.50. The standard InChI is InChI=1S/C42H23N3OS.C22H13NS.C20H11ClN2O/c1-2-14-25-24(12-1)13-11-20-27(25)37-40-38(30-18-6-9-22-33(30)46-40)44-42(43-37)45-32-21-8-5-17-29(32)36-39(45)28-16-4-3-15-26(28)35-31-19-7-10-23-34(31)47-41(35)36;1-2-8-14-13(7-1)19-16-10-4-6-12-18(16)24-22(19)20-15-9-3-5-11-17(15)23-21(14)20;21-20-22-17(14-10-5-7-12-6-1-2-8-13(12)14)19-18(23-20)15-9-3-4-11-16(15)24-19/h1-23H;1-12,23H;1-11H. The van der Waals surface area contributed by atoms with Gasteiger partial charge in [-0.05, 0) is 92.4 Å². The third kappa shape index (κ3) is 8.18. The number of nitrogens with one attached hydrogen (secondary N) is 1. The molecular formula is C84H47ClN6O2S2. The zero-order chi connectivity index (χ0) is 62.4. The SMILES string of the molecule is Clc1nc(-c2cccc3ccccc23)c2oc3ccccc3c2n1.c1ccc2c(-c3nc(-n4c5ccccc5c5c6sc7ccccc7c6c6ccccc6c54)nc4c3oc3ccccc34)cccc2c1.c1ccc2c(c1)[nH]c1c3ccccc3c3c4ccccc4sc3c21. The molecule has 8 heterocycles. The lowest BCUT2D eigenvalue weighted by Gasteiger charge is -2.12. The molecule has 11 heteroatoms. The van der Waals surface area contributed by atoms with Crippen molar-refractivity contribution in [1.29, 1.82) is 0 Å². The van der Waals surface area contributed by atoms with Crippen molar-refractivity contribution in [3.63, 3.8) is 0 Å². The molecule has 1 N–H and O–H groups in total. The van der Waals surface area contributed by atoms with Crippen LogP contribution in [0.5, 0.6) is 0 Å². The van der Waals surface area contributed by atoms with Crippen molar-refractivity contribution >= 4 is 205 Å². The summed E-state index contributed by atoms with van der Waals surface area (Å²) >= 11 is 9.99. The number of para-hydroxylation sites is 4. The average Bonchev–Trinajstić information content (AvgIpc) is 1.54. The maximum atomic E-state index is 6.56. The molecule has 22 rings (SSSR count). The topological polar surface area (TPSA) is 98.6 Å². The van der Waals surface area contributed by atoms with Crippen LogP contribution in [0.2, 0.25) is 5.28 Å². The highest BCUT2D eigenvalue weighted by atomic mass is 35.5. The van der Waals surface area contributed by atoms with Crippen LogP contribution < -0.4 is 0 Å². The minimum atomic E-state index is 0.219.